The number of piperidine rings is 1. The van der Waals surface area contributed by atoms with Crippen molar-refractivity contribution in [3.8, 4) is 0 Å². The van der Waals surface area contributed by atoms with E-state index in [-0.39, 0.29) is 34.8 Å². The van der Waals surface area contributed by atoms with Crippen molar-refractivity contribution in [1.82, 2.24) is 10.2 Å². The van der Waals surface area contributed by atoms with Crippen molar-refractivity contribution in [2.75, 3.05) is 0 Å². The molecule has 2 aromatic carbocycles. The Morgan fingerprint density at radius 2 is 1.76 bits per heavy atom. The lowest BCUT2D eigenvalue weighted by molar-refractivity contribution is -0.136. The fraction of sp³-hybridized carbons (Fsp3) is 0.304. The van der Waals surface area contributed by atoms with Crippen molar-refractivity contribution in [2.24, 2.45) is 0 Å². The fourth-order valence-corrected chi connectivity index (χ4v) is 5.01. The zero-order chi connectivity index (χ0) is 24.1. The minimum Gasteiger partial charge on any atom is -0.295 e. The second-order valence-corrected chi connectivity index (χ2v) is 9.63. The van der Waals surface area contributed by atoms with Gasteiger partial charge in [0.25, 0.3) is 21.9 Å². The highest BCUT2D eigenvalue weighted by Gasteiger charge is 2.44. The summed E-state index contributed by atoms with van der Waals surface area (Å²) in [7, 11) is -4.39. The highest BCUT2D eigenvalue weighted by atomic mass is 32.2. The first-order chi connectivity index (χ1) is 15.5. The summed E-state index contributed by atoms with van der Waals surface area (Å²) in [4.78, 5) is 50.4. The number of aryl methyl sites for hydroxylation is 1. The number of hydrogen-bond donors (Lipinski definition) is 2. The predicted molar refractivity (Wildman–Crippen MR) is 116 cm³/mol. The van der Waals surface area contributed by atoms with Crippen LogP contribution in [-0.4, -0.2) is 47.5 Å². The third-order valence-electron chi connectivity index (χ3n) is 6.20. The molecule has 2 heterocycles. The van der Waals surface area contributed by atoms with E-state index in [2.05, 4.69) is 5.32 Å². The van der Waals surface area contributed by atoms with Crippen molar-refractivity contribution >= 4 is 33.7 Å². The van der Waals surface area contributed by atoms with Gasteiger partial charge in [-0.25, -0.2) is 0 Å². The number of fused-ring (bicyclic) bond motifs is 1. The summed E-state index contributed by atoms with van der Waals surface area (Å²) in [5, 5.41) is 2.16. The van der Waals surface area contributed by atoms with E-state index in [0.717, 1.165) is 10.5 Å². The van der Waals surface area contributed by atoms with Gasteiger partial charge in [0, 0.05) is 12.3 Å². The monoisotopic (exact) mass is 470 g/mol. The quantitative estimate of drug-likeness (QED) is 0.505. The van der Waals surface area contributed by atoms with E-state index >= 15 is 0 Å². The third kappa shape index (κ3) is 3.96. The number of hydrogen-bond acceptors (Lipinski definition) is 6. The zero-order valence-corrected chi connectivity index (χ0v) is 18.8. The molecule has 2 aliphatic heterocycles. The van der Waals surface area contributed by atoms with Gasteiger partial charge in [0.15, 0.2) is 0 Å². The average Bonchev–Trinajstić information content (AvgIpc) is 2.99. The molecular weight excluding hydrogens is 448 g/mol. The average molecular weight is 471 g/mol. The fourth-order valence-electron chi connectivity index (χ4n) is 4.49. The van der Waals surface area contributed by atoms with Gasteiger partial charge in [-0.1, -0.05) is 19.1 Å². The molecule has 1 saturated heterocycles. The minimum atomic E-state index is -4.39. The van der Waals surface area contributed by atoms with Gasteiger partial charge >= 0.3 is 0 Å². The zero-order valence-electron chi connectivity index (χ0n) is 18.0. The molecule has 10 heteroatoms. The Kier molecular flexibility index (Phi) is 5.67. The SMILES string of the molecule is CCC(c1ccc2c(c1)C(=O)N(C1CCC(=O)NC1=O)C2=O)c1cc(S(=O)(=O)O)ccc1C. The van der Waals surface area contributed by atoms with Gasteiger partial charge in [-0.15, -0.1) is 0 Å². The summed E-state index contributed by atoms with van der Waals surface area (Å²) in [6.45, 7) is 3.72. The van der Waals surface area contributed by atoms with Crippen molar-refractivity contribution in [2.45, 2.75) is 50.0 Å². The first kappa shape index (κ1) is 22.8. The van der Waals surface area contributed by atoms with Gasteiger partial charge in [-0.3, -0.25) is 33.9 Å². The van der Waals surface area contributed by atoms with Crippen LogP contribution in [0.2, 0.25) is 0 Å². The van der Waals surface area contributed by atoms with Crippen LogP contribution in [0.15, 0.2) is 41.3 Å². The molecule has 2 aromatic rings. The molecule has 9 nitrogen and oxygen atoms in total. The third-order valence-corrected chi connectivity index (χ3v) is 7.05. The molecule has 4 amide bonds. The Bertz CT molecular complexity index is 1320. The van der Waals surface area contributed by atoms with Crippen LogP contribution in [0.5, 0.6) is 0 Å². The lowest BCUT2D eigenvalue weighted by Crippen LogP contribution is -2.54. The normalized spacial score (nSPS) is 19.5. The Morgan fingerprint density at radius 1 is 1.06 bits per heavy atom. The predicted octanol–water partition coefficient (Wildman–Crippen LogP) is 2.18. The number of imide groups is 2. The molecule has 33 heavy (non-hydrogen) atoms. The summed E-state index contributed by atoms with van der Waals surface area (Å²) in [5.41, 5.74) is 2.50. The van der Waals surface area contributed by atoms with E-state index in [4.69, 9.17) is 0 Å². The Labute approximate surface area is 190 Å². The van der Waals surface area contributed by atoms with Gasteiger partial charge in [-0.05, 0) is 60.7 Å². The Balaban J connectivity index is 1.72. The minimum absolute atomic E-state index is 0.0380. The van der Waals surface area contributed by atoms with Crippen molar-refractivity contribution in [3.63, 3.8) is 0 Å². The van der Waals surface area contributed by atoms with Gasteiger partial charge in [0.1, 0.15) is 6.04 Å². The molecule has 0 spiro atoms. The smallest absolute Gasteiger partial charge is 0.294 e. The molecule has 1 fully saturated rings. The Morgan fingerprint density at radius 3 is 2.39 bits per heavy atom. The molecular formula is C23H22N2O7S. The standard InChI is InChI=1S/C23H22N2O7S/c1-3-15(17-11-14(33(30,31)32)6-4-12(17)2)13-5-7-16-18(10-13)23(29)25(22(16)28)19-8-9-20(26)24-21(19)27/h4-7,10-11,15,19H,3,8-9H2,1-2H3,(H,24,26,27)(H,30,31,32). The molecule has 4 rings (SSSR count). The summed E-state index contributed by atoms with van der Waals surface area (Å²) in [5.74, 6) is -2.61. The van der Waals surface area contributed by atoms with Crippen LogP contribution in [-0.2, 0) is 19.7 Å². The van der Waals surface area contributed by atoms with Gasteiger partial charge in [0.05, 0.1) is 16.0 Å². The molecule has 0 aliphatic carbocycles. The highest BCUT2D eigenvalue weighted by Crippen LogP contribution is 2.35. The lowest BCUT2D eigenvalue weighted by atomic mass is 9.85. The van der Waals surface area contributed by atoms with E-state index in [1.54, 1.807) is 18.2 Å². The maximum atomic E-state index is 13.1. The highest BCUT2D eigenvalue weighted by molar-refractivity contribution is 7.85. The second kappa shape index (κ2) is 8.20. The van der Waals surface area contributed by atoms with E-state index in [1.807, 2.05) is 13.8 Å². The first-order valence-corrected chi connectivity index (χ1v) is 11.9. The molecule has 0 radical (unpaired) electrons. The number of nitrogens with zero attached hydrogens (tertiary/aromatic N) is 1. The number of rotatable bonds is 5. The van der Waals surface area contributed by atoms with Crippen LogP contribution >= 0.6 is 0 Å². The molecule has 2 unspecified atom stereocenters. The first-order valence-electron chi connectivity index (χ1n) is 10.5. The molecule has 0 aromatic heterocycles. The van der Waals surface area contributed by atoms with Crippen LogP contribution in [0.25, 0.3) is 0 Å². The maximum Gasteiger partial charge on any atom is 0.294 e. The van der Waals surface area contributed by atoms with Crippen LogP contribution in [0.4, 0.5) is 0 Å². The molecule has 0 saturated carbocycles. The molecule has 2 N–H and O–H groups in total. The second-order valence-electron chi connectivity index (χ2n) is 8.21. The van der Waals surface area contributed by atoms with Crippen LogP contribution in [0.1, 0.15) is 69.5 Å². The number of benzene rings is 2. The van der Waals surface area contributed by atoms with Gasteiger partial charge in [0.2, 0.25) is 11.8 Å². The summed E-state index contributed by atoms with van der Waals surface area (Å²) in [6.07, 6.45) is 0.673. The van der Waals surface area contributed by atoms with Crippen LogP contribution in [0.3, 0.4) is 0 Å². The Hall–Kier alpha value is -3.37. The van der Waals surface area contributed by atoms with E-state index in [1.165, 1.54) is 18.2 Å². The summed E-state index contributed by atoms with van der Waals surface area (Å²) < 4.78 is 32.7. The van der Waals surface area contributed by atoms with Crippen molar-refractivity contribution in [1.29, 1.82) is 0 Å². The van der Waals surface area contributed by atoms with E-state index in [0.29, 0.717) is 17.5 Å². The van der Waals surface area contributed by atoms with E-state index in [9.17, 15) is 32.1 Å². The van der Waals surface area contributed by atoms with Gasteiger partial charge < -0.3 is 0 Å². The molecule has 172 valence electrons. The molecule has 2 aliphatic rings. The number of carbonyl (C=O) groups is 4. The van der Waals surface area contributed by atoms with Crippen molar-refractivity contribution in [3.05, 3.63) is 64.2 Å². The van der Waals surface area contributed by atoms with Gasteiger partial charge in [-0.2, -0.15) is 8.42 Å². The van der Waals surface area contributed by atoms with Crippen molar-refractivity contribution < 1.29 is 32.1 Å². The largest absolute Gasteiger partial charge is 0.295 e. The summed E-state index contributed by atoms with van der Waals surface area (Å²) >= 11 is 0. The molecule has 0 bridgehead atoms. The van der Waals surface area contributed by atoms with E-state index < -0.39 is 39.8 Å². The topological polar surface area (TPSA) is 138 Å². The van der Waals surface area contributed by atoms with Crippen LogP contribution < -0.4 is 5.32 Å². The number of amides is 4. The number of nitrogens with one attached hydrogen (secondary N) is 1. The maximum absolute atomic E-state index is 13.1. The lowest BCUT2D eigenvalue weighted by Gasteiger charge is -2.27. The number of carbonyl (C=O) groups excluding carboxylic acids is 4. The molecule has 2 atom stereocenters. The summed E-state index contributed by atoms with van der Waals surface area (Å²) in [6, 6.07) is 8.11. The van der Waals surface area contributed by atoms with Crippen LogP contribution in [0, 0.1) is 6.92 Å².